The van der Waals surface area contributed by atoms with Crippen LogP contribution in [0.2, 0.25) is 0 Å². The van der Waals surface area contributed by atoms with Gasteiger partial charge in [0, 0.05) is 5.69 Å². The summed E-state index contributed by atoms with van der Waals surface area (Å²) >= 11 is 0. The Kier molecular flexibility index (Phi) is 4.22. The van der Waals surface area contributed by atoms with Crippen molar-refractivity contribution in [2.24, 2.45) is 0 Å². The summed E-state index contributed by atoms with van der Waals surface area (Å²) in [4.78, 5) is 12.4. The molecule has 1 amide bonds. The number of carbonyl (C=O) groups is 1. The molecule has 4 rings (SSSR count). The summed E-state index contributed by atoms with van der Waals surface area (Å²) in [5.74, 6) is -0.755. The van der Waals surface area contributed by atoms with E-state index < -0.39 is 5.91 Å². The Labute approximate surface area is 149 Å². The number of hydrogen-bond donors (Lipinski definition) is 1. The zero-order valence-electron chi connectivity index (χ0n) is 14.1. The van der Waals surface area contributed by atoms with Gasteiger partial charge in [0.15, 0.2) is 5.69 Å². The minimum atomic E-state index is -0.393. The van der Waals surface area contributed by atoms with Gasteiger partial charge in [0.1, 0.15) is 11.9 Å². The first-order valence-corrected chi connectivity index (χ1v) is 8.27. The van der Waals surface area contributed by atoms with E-state index in [9.17, 15) is 9.18 Å². The Morgan fingerprint density at radius 1 is 1.19 bits per heavy atom. The van der Waals surface area contributed by atoms with Crippen LogP contribution < -0.4 is 5.32 Å². The van der Waals surface area contributed by atoms with Crippen molar-refractivity contribution in [3.05, 3.63) is 76.9 Å². The van der Waals surface area contributed by atoms with Crippen molar-refractivity contribution in [1.29, 1.82) is 0 Å². The third-order valence-corrected chi connectivity index (χ3v) is 4.36. The Bertz CT molecular complexity index is 935. The summed E-state index contributed by atoms with van der Waals surface area (Å²) in [6.45, 7) is 2.78. The van der Waals surface area contributed by atoms with Crippen LogP contribution in [0.3, 0.4) is 0 Å². The molecule has 1 N–H and O–H groups in total. The number of aryl methyl sites for hydroxylation is 1. The van der Waals surface area contributed by atoms with E-state index in [0.717, 1.165) is 5.56 Å². The summed E-state index contributed by atoms with van der Waals surface area (Å²) in [6.07, 6.45) is -0.127. The van der Waals surface area contributed by atoms with Gasteiger partial charge in [-0.2, -0.15) is 0 Å². The zero-order chi connectivity index (χ0) is 18.1. The molecule has 26 heavy (non-hydrogen) atoms. The predicted molar refractivity (Wildman–Crippen MR) is 93.1 cm³/mol. The van der Waals surface area contributed by atoms with Gasteiger partial charge in [-0.15, -0.1) is 5.10 Å². The summed E-state index contributed by atoms with van der Waals surface area (Å²) < 4.78 is 20.6. The molecule has 1 aliphatic rings. The van der Waals surface area contributed by atoms with Crippen molar-refractivity contribution in [3.8, 4) is 0 Å². The van der Waals surface area contributed by atoms with E-state index in [-0.39, 0.29) is 24.2 Å². The van der Waals surface area contributed by atoms with Crippen LogP contribution in [0.25, 0.3) is 0 Å². The van der Waals surface area contributed by atoms with Gasteiger partial charge in [-0.3, -0.25) is 4.79 Å². The highest BCUT2D eigenvalue weighted by molar-refractivity contribution is 6.03. The third kappa shape index (κ3) is 3.21. The average Bonchev–Trinajstić information content (AvgIpc) is 3.07. The molecule has 2 heterocycles. The lowest BCUT2D eigenvalue weighted by Gasteiger charge is -2.24. The molecular weight excluding hydrogens is 335 g/mol. The maximum Gasteiger partial charge on any atom is 0.278 e. The van der Waals surface area contributed by atoms with Crippen LogP contribution in [0.15, 0.2) is 48.5 Å². The van der Waals surface area contributed by atoms with Gasteiger partial charge >= 0.3 is 0 Å². The number of amides is 1. The average molecular weight is 352 g/mol. The van der Waals surface area contributed by atoms with E-state index in [1.807, 2.05) is 31.2 Å². The van der Waals surface area contributed by atoms with Gasteiger partial charge in [0.05, 0.1) is 18.8 Å². The van der Waals surface area contributed by atoms with Gasteiger partial charge in [-0.05, 0) is 36.8 Å². The lowest BCUT2D eigenvalue weighted by Crippen LogP contribution is -2.24. The standard InChI is InChI=1S/C19H17FN4O2/c1-12-2-4-13(5-3-12)17-10-24-16(11-26-17)18(22-23-24)19(25)21-15-8-6-14(20)7-9-15/h2-9,17H,10-11H2,1H3,(H,21,25)/t17-/m0/s1. The van der Waals surface area contributed by atoms with E-state index in [1.54, 1.807) is 4.68 Å². The number of nitrogens with one attached hydrogen (secondary N) is 1. The van der Waals surface area contributed by atoms with Crippen molar-refractivity contribution in [3.63, 3.8) is 0 Å². The van der Waals surface area contributed by atoms with E-state index in [2.05, 4.69) is 15.6 Å². The summed E-state index contributed by atoms with van der Waals surface area (Å²) in [6, 6.07) is 13.7. The number of anilines is 1. The fourth-order valence-electron chi connectivity index (χ4n) is 2.89. The monoisotopic (exact) mass is 352 g/mol. The number of nitrogens with zero attached hydrogens (tertiary/aromatic N) is 3. The van der Waals surface area contributed by atoms with Gasteiger partial charge in [0.2, 0.25) is 0 Å². The molecule has 0 aliphatic carbocycles. The summed E-state index contributed by atoms with van der Waals surface area (Å²) in [7, 11) is 0. The highest BCUT2D eigenvalue weighted by atomic mass is 19.1. The lowest BCUT2D eigenvalue weighted by atomic mass is 10.1. The largest absolute Gasteiger partial charge is 0.365 e. The van der Waals surface area contributed by atoms with Crippen LogP contribution in [0, 0.1) is 12.7 Å². The Morgan fingerprint density at radius 3 is 2.65 bits per heavy atom. The Balaban J connectivity index is 1.51. The van der Waals surface area contributed by atoms with Crippen LogP contribution in [-0.4, -0.2) is 20.9 Å². The number of halogens is 1. The molecule has 1 aliphatic heterocycles. The number of hydrogen-bond acceptors (Lipinski definition) is 4. The maximum absolute atomic E-state index is 13.0. The van der Waals surface area contributed by atoms with Crippen LogP contribution in [0.4, 0.5) is 10.1 Å². The minimum Gasteiger partial charge on any atom is -0.365 e. The van der Waals surface area contributed by atoms with Gasteiger partial charge in [0.25, 0.3) is 5.91 Å². The first-order chi connectivity index (χ1) is 12.6. The Morgan fingerprint density at radius 2 is 1.92 bits per heavy atom. The van der Waals surface area contributed by atoms with E-state index in [1.165, 1.54) is 29.8 Å². The SMILES string of the molecule is Cc1ccc([C@@H]2Cn3nnc(C(=O)Nc4ccc(F)cc4)c3CO2)cc1. The molecule has 2 aromatic carbocycles. The van der Waals surface area contributed by atoms with E-state index >= 15 is 0 Å². The molecule has 0 fully saturated rings. The quantitative estimate of drug-likeness (QED) is 0.786. The first-order valence-electron chi connectivity index (χ1n) is 8.27. The van der Waals surface area contributed by atoms with Crippen molar-refractivity contribution in [2.45, 2.75) is 26.2 Å². The number of ether oxygens (including phenoxy) is 1. The number of fused-ring (bicyclic) bond motifs is 1. The second-order valence-electron chi connectivity index (χ2n) is 6.24. The normalized spacial score (nSPS) is 16.2. The molecule has 132 valence electrons. The number of carbonyl (C=O) groups excluding carboxylic acids is 1. The molecule has 1 aromatic heterocycles. The van der Waals surface area contributed by atoms with Crippen molar-refractivity contribution >= 4 is 11.6 Å². The molecule has 0 unspecified atom stereocenters. The molecule has 1 atom stereocenters. The highest BCUT2D eigenvalue weighted by Gasteiger charge is 2.27. The number of aromatic nitrogens is 3. The third-order valence-electron chi connectivity index (χ3n) is 4.36. The van der Waals surface area contributed by atoms with Crippen LogP contribution in [0.5, 0.6) is 0 Å². The topological polar surface area (TPSA) is 69.0 Å². The van der Waals surface area contributed by atoms with Crippen molar-refractivity contribution in [2.75, 3.05) is 5.32 Å². The lowest BCUT2D eigenvalue weighted by molar-refractivity contribution is -0.00171. The Hall–Kier alpha value is -3.06. The molecule has 0 radical (unpaired) electrons. The second kappa shape index (κ2) is 6.68. The molecule has 0 saturated carbocycles. The van der Waals surface area contributed by atoms with Crippen LogP contribution in [0.1, 0.15) is 33.4 Å². The van der Waals surface area contributed by atoms with E-state index in [0.29, 0.717) is 17.9 Å². The first kappa shape index (κ1) is 16.4. The second-order valence-corrected chi connectivity index (χ2v) is 6.24. The predicted octanol–water partition coefficient (Wildman–Crippen LogP) is 3.25. The fourth-order valence-corrected chi connectivity index (χ4v) is 2.89. The van der Waals surface area contributed by atoms with E-state index in [4.69, 9.17) is 4.74 Å². The summed E-state index contributed by atoms with van der Waals surface area (Å²) in [5, 5.41) is 10.8. The molecule has 3 aromatic rings. The van der Waals surface area contributed by atoms with Crippen LogP contribution >= 0.6 is 0 Å². The number of rotatable bonds is 3. The fraction of sp³-hybridized carbons (Fsp3) is 0.211. The summed E-state index contributed by atoms with van der Waals surface area (Å²) in [5.41, 5.74) is 3.59. The smallest absolute Gasteiger partial charge is 0.278 e. The van der Waals surface area contributed by atoms with Crippen molar-refractivity contribution < 1.29 is 13.9 Å². The molecule has 7 heteroatoms. The maximum atomic E-state index is 13.0. The molecule has 6 nitrogen and oxygen atoms in total. The molecule has 0 bridgehead atoms. The molecule has 0 spiro atoms. The minimum absolute atomic E-state index is 0.127. The van der Waals surface area contributed by atoms with Gasteiger partial charge in [-0.25, -0.2) is 9.07 Å². The molecule has 0 saturated heterocycles. The highest BCUT2D eigenvalue weighted by Crippen LogP contribution is 2.27. The zero-order valence-corrected chi connectivity index (χ0v) is 14.1. The van der Waals surface area contributed by atoms with Crippen LogP contribution in [-0.2, 0) is 17.9 Å². The number of benzene rings is 2. The van der Waals surface area contributed by atoms with Gasteiger partial charge in [-0.1, -0.05) is 35.0 Å². The van der Waals surface area contributed by atoms with Crippen molar-refractivity contribution in [1.82, 2.24) is 15.0 Å². The molecular formula is C19H17FN4O2. The van der Waals surface area contributed by atoms with Gasteiger partial charge < -0.3 is 10.1 Å².